The fraction of sp³-hybridized carbons (Fsp3) is 0.320. The zero-order valence-corrected chi connectivity index (χ0v) is 16.3. The highest BCUT2D eigenvalue weighted by atomic mass is 15.2. The molecule has 140 valence electrons. The van der Waals surface area contributed by atoms with Gasteiger partial charge in [-0.25, -0.2) is 4.98 Å². The molecular weight excluding hydrogens is 342 g/mol. The standard InChI is InChI=1S/C25H25N3/c1-27-16-22(20-9-4-12-26-25(20)27)17-10-13-28(14-11-17)23-15-19-7-2-5-18-6-3-8-21(23)24(18)19/h2-9,12,16-17,23H,10-11,13-15H2,1H3. The highest BCUT2D eigenvalue weighted by Crippen LogP contribution is 2.42. The summed E-state index contributed by atoms with van der Waals surface area (Å²) >= 11 is 0. The van der Waals surface area contributed by atoms with E-state index in [4.69, 9.17) is 0 Å². The molecule has 1 aliphatic heterocycles. The van der Waals surface area contributed by atoms with Gasteiger partial charge in [0.2, 0.25) is 0 Å². The van der Waals surface area contributed by atoms with Gasteiger partial charge in [-0.3, -0.25) is 4.90 Å². The quantitative estimate of drug-likeness (QED) is 0.485. The van der Waals surface area contributed by atoms with E-state index >= 15 is 0 Å². The van der Waals surface area contributed by atoms with Crippen molar-refractivity contribution in [2.75, 3.05) is 13.1 Å². The van der Waals surface area contributed by atoms with E-state index < -0.39 is 0 Å². The van der Waals surface area contributed by atoms with Gasteiger partial charge < -0.3 is 4.57 Å². The molecule has 0 saturated carbocycles. The highest BCUT2D eigenvalue weighted by molar-refractivity contribution is 5.91. The largest absolute Gasteiger partial charge is 0.335 e. The summed E-state index contributed by atoms with van der Waals surface area (Å²) in [6, 6.07) is 18.5. The molecule has 0 N–H and O–H groups in total. The number of aryl methyl sites for hydroxylation is 1. The molecule has 2 aliphatic rings. The second-order valence-electron chi connectivity index (χ2n) is 8.46. The van der Waals surface area contributed by atoms with E-state index in [0.717, 1.165) is 5.65 Å². The number of aromatic nitrogens is 2. The second kappa shape index (κ2) is 6.18. The predicted molar refractivity (Wildman–Crippen MR) is 115 cm³/mol. The maximum atomic E-state index is 4.57. The lowest BCUT2D eigenvalue weighted by Gasteiger charge is -2.36. The van der Waals surface area contributed by atoms with Crippen LogP contribution in [0.25, 0.3) is 21.8 Å². The number of likely N-dealkylation sites (tertiary alicyclic amines) is 1. The first-order valence-corrected chi connectivity index (χ1v) is 10.4. The Balaban J connectivity index is 1.26. The van der Waals surface area contributed by atoms with Gasteiger partial charge in [-0.15, -0.1) is 0 Å². The summed E-state index contributed by atoms with van der Waals surface area (Å²) in [7, 11) is 2.12. The van der Waals surface area contributed by atoms with Crippen molar-refractivity contribution in [1.82, 2.24) is 14.5 Å². The third-order valence-corrected chi connectivity index (χ3v) is 6.97. The molecule has 6 rings (SSSR count). The van der Waals surface area contributed by atoms with Gasteiger partial charge in [0, 0.05) is 30.9 Å². The van der Waals surface area contributed by atoms with Crippen molar-refractivity contribution < 1.29 is 0 Å². The van der Waals surface area contributed by atoms with E-state index in [-0.39, 0.29) is 0 Å². The summed E-state index contributed by atoms with van der Waals surface area (Å²) < 4.78 is 2.19. The molecule has 3 heteroatoms. The van der Waals surface area contributed by atoms with Crippen molar-refractivity contribution in [3.8, 4) is 0 Å². The summed E-state index contributed by atoms with van der Waals surface area (Å²) in [4.78, 5) is 7.30. The molecule has 28 heavy (non-hydrogen) atoms. The molecule has 2 aromatic heterocycles. The Morgan fingerprint density at radius 1 is 0.929 bits per heavy atom. The van der Waals surface area contributed by atoms with Gasteiger partial charge in [-0.2, -0.15) is 0 Å². The molecule has 2 aromatic carbocycles. The minimum atomic E-state index is 0.552. The van der Waals surface area contributed by atoms with Crippen LogP contribution in [0.5, 0.6) is 0 Å². The van der Waals surface area contributed by atoms with Crippen LogP contribution in [-0.2, 0) is 13.5 Å². The molecule has 1 aliphatic carbocycles. The topological polar surface area (TPSA) is 21.1 Å². The number of rotatable bonds is 2. The summed E-state index contributed by atoms with van der Waals surface area (Å²) in [5.41, 5.74) is 5.67. The highest BCUT2D eigenvalue weighted by Gasteiger charge is 2.32. The molecule has 1 saturated heterocycles. The zero-order chi connectivity index (χ0) is 18.7. The van der Waals surface area contributed by atoms with Gasteiger partial charge in [0.1, 0.15) is 5.65 Å². The predicted octanol–water partition coefficient (Wildman–Crippen LogP) is 5.20. The number of hydrogen-bond acceptors (Lipinski definition) is 2. The molecule has 1 fully saturated rings. The molecule has 1 atom stereocenters. The van der Waals surface area contributed by atoms with Gasteiger partial charge >= 0.3 is 0 Å². The molecule has 1 unspecified atom stereocenters. The molecule has 4 aromatic rings. The molecular formula is C25H25N3. The maximum Gasteiger partial charge on any atom is 0.139 e. The molecule has 0 amide bonds. The van der Waals surface area contributed by atoms with Gasteiger partial charge in [-0.05, 0) is 77.9 Å². The van der Waals surface area contributed by atoms with Gasteiger partial charge in [0.15, 0.2) is 0 Å². The van der Waals surface area contributed by atoms with Crippen LogP contribution in [-0.4, -0.2) is 27.5 Å². The Hall–Kier alpha value is -2.65. The third kappa shape index (κ3) is 2.36. The van der Waals surface area contributed by atoms with E-state index in [0.29, 0.717) is 12.0 Å². The average Bonchev–Trinajstić information content (AvgIpc) is 3.29. The van der Waals surface area contributed by atoms with Crippen LogP contribution in [0.4, 0.5) is 0 Å². The van der Waals surface area contributed by atoms with E-state index in [1.165, 1.54) is 59.6 Å². The second-order valence-corrected chi connectivity index (χ2v) is 8.46. The summed E-state index contributed by atoms with van der Waals surface area (Å²) in [5.74, 6) is 0.642. The van der Waals surface area contributed by atoms with E-state index in [1.54, 1.807) is 5.56 Å². The van der Waals surface area contributed by atoms with Gasteiger partial charge in [0.25, 0.3) is 0 Å². The molecule has 0 spiro atoms. The molecule has 0 bridgehead atoms. The van der Waals surface area contributed by atoms with Crippen LogP contribution in [0.15, 0.2) is 60.9 Å². The fourth-order valence-corrected chi connectivity index (χ4v) is 5.63. The zero-order valence-electron chi connectivity index (χ0n) is 16.3. The number of hydrogen-bond donors (Lipinski definition) is 0. The van der Waals surface area contributed by atoms with Crippen molar-refractivity contribution >= 4 is 21.8 Å². The van der Waals surface area contributed by atoms with Crippen LogP contribution < -0.4 is 0 Å². The molecule has 3 heterocycles. The lowest BCUT2D eigenvalue weighted by Crippen LogP contribution is -2.36. The minimum absolute atomic E-state index is 0.552. The van der Waals surface area contributed by atoms with Crippen LogP contribution in [0.3, 0.4) is 0 Å². The first-order chi connectivity index (χ1) is 13.8. The van der Waals surface area contributed by atoms with Crippen molar-refractivity contribution in [1.29, 1.82) is 0 Å². The monoisotopic (exact) mass is 367 g/mol. The summed E-state index contributed by atoms with van der Waals surface area (Å²) in [6.07, 6.45) is 7.84. The average molecular weight is 367 g/mol. The Morgan fingerprint density at radius 2 is 1.75 bits per heavy atom. The lowest BCUT2D eigenvalue weighted by molar-refractivity contribution is 0.155. The van der Waals surface area contributed by atoms with Crippen LogP contribution in [0.2, 0.25) is 0 Å². The Labute approximate surface area is 165 Å². The summed E-state index contributed by atoms with van der Waals surface area (Å²) in [6.45, 7) is 2.35. The number of pyridine rings is 1. The van der Waals surface area contributed by atoms with Crippen molar-refractivity contribution in [3.63, 3.8) is 0 Å². The van der Waals surface area contributed by atoms with Crippen molar-refractivity contribution in [2.45, 2.75) is 31.2 Å². The normalized spacial score (nSPS) is 20.4. The lowest BCUT2D eigenvalue weighted by atomic mass is 9.88. The number of nitrogens with zero attached hydrogens (tertiary/aromatic N) is 3. The first-order valence-electron chi connectivity index (χ1n) is 10.4. The van der Waals surface area contributed by atoms with Crippen LogP contribution in [0, 0.1) is 0 Å². The molecule has 0 radical (unpaired) electrons. The number of benzene rings is 2. The Bertz CT molecular complexity index is 1180. The SMILES string of the molecule is Cn1cc(C2CCN(C3Cc4cccc5cccc3c45)CC2)c2cccnc21. The van der Waals surface area contributed by atoms with Gasteiger partial charge in [-0.1, -0.05) is 36.4 Å². The van der Waals surface area contributed by atoms with E-state index in [2.05, 4.69) is 76.2 Å². The number of piperidine rings is 1. The Kier molecular flexibility index (Phi) is 3.60. The smallest absolute Gasteiger partial charge is 0.139 e. The Morgan fingerprint density at radius 3 is 2.61 bits per heavy atom. The van der Waals surface area contributed by atoms with Gasteiger partial charge in [0.05, 0.1) is 0 Å². The summed E-state index contributed by atoms with van der Waals surface area (Å²) in [5, 5.41) is 4.24. The van der Waals surface area contributed by atoms with E-state index in [9.17, 15) is 0 Å². The van der Waals surface area contributed by atoms with Crippen LogP contribution >= 0.6 is 0 Å². The molecule has 3 nitrogen and oxygen atoms in total. The van der Waals surface area contributed by atoms with E-state index in [1.807, 2.05) is 6.20 Å². The minimum Gasteiger partial charge on any atom is -0.335 e. The third-order valence-electron chi connectivity index (χ3n) is 6.97. The van der Waals surface area contributed by atoms with Crippen molar-refractivity contribution in [2.24, 2.45) is 7.05 Å². The maximum absolute atomic E-state index is 4.57. The van der Waals surface area contributed by atoms with Crippen LogP contribution in [0.1, 0.15) is 41.5 Å². The van der Waals surface area contributed by atoms with Crippen molar-refractivity contribution in [3.05, 3.63) is 77.6 Å². The first kappa shape index (κ1) is 16.3. The fourth-order valence-electron chi connectivity index (χ4n) is 5.63. The number of fused-ring (bicyclic) bond motifs is 1.